The number of aldehydes is 1. The zero-order valence-electron chi connectivity index (χ0n) is 10.1. The molecule has 4 heteroatoms. The lowest BCUT2D eigenvalue weighted by molar-refractivity contribution is 0.112. The first kappa shape index (κ1) is 11.1. The van der Waals surface area contributed by atoms with E-state index in [2.05, 4.69) is 10.1 Å². The van der Waals surface area contributed by atoms with Gasteiger partial charge in [-0.05, 0) is 25.0 Å². The quantitative estimate of drug-likeness (QED) is 0.776. The summed E-state index contributed by atoms with van der Waals surface area (Å²) in [6.07, 6.45) is 11.0. The molecule has 4 nitrogen and oxygen atoms in total. The topological polar surface area (TPSA) is 47.8 Å². The second-order valence-corrected chi connectivity index (χ2v) is 4.71. The highest BCUT2D eigenvalue weighted by molar-refractivity contribution is 5.85. The smallest absolute Gasteiger partial charge is 0.153 e. The second-order valence-electron chi connectivity index (χ2n) is 4.71. The van der Waals surface area contributed by atoms with E-state index in [1.807, 2.05) is 23.0 Å². The van der Waals surface area contributed by atoms with E-state index in [0.717, 1.165) is 30.4 Å². The van der Waals surface area contributed by atoms with Gasteiger partial charge in [0.1, 0.15) is 5.69 Å². The summed E-state index contributed by atoms with van der Waals surface area (Å²) in [6.45, 7) is 0. The minimum Gasteiger partial charge on any atom is -0.298 e. The Balaban J connectivity index is 2.01. The monoisotopic (exact) mass is 241 g/mol. The maximum Gasteiger partial charge on any atom is 0.153 e. The van der Waals surface area contributed by atoms with E-state index in [1.54, 1.807) is 12.4 Å². The molecule has 0 spiro atoms. The van der Waals surface area contributed by atoms with Crippen LogP contribution in [0.15, 0.2) is 30.7 Å². The van der Waals surface area contributed by atoms with Crippen LogP contribution in [0.2, 0.25) is 0 Å². The summed E-state index contributed by atoms with van der Waals surface area (Å²) in [5.41, 5.74) is 2.29. The van der Waals surface area contributed by atoms with Gasteiger partial charge in [0.2, 0.25) is 0 Å². The normalized spacial score (nSPS) is 16.0. The lowest BCUT2D eigenvalue weighted by Gasteiger charge is -2.08. The number of hydrogen-bond acceptors (Lipinski definition) is 3. The molecule has 0 atom stereocenters. The lowest BCUT2D eigenvalue weighted by Crippen LogP contribution is -2.04. The molecule has 0 amide bonds. The SMILES string of the molecule is O=Cc1cn(C2CCCC2)nc1-c1cccnc1. The average Bonchev–Trinajstić information content (AvgIpc) is 3.08. The van der Waals surface area contributed by atoms with Gasteiger partial charge in [0, 0.05) is 24.2 Å². The standard InChI is InChI=1S/C14H15N3O/c18-10-12-9-17(13-5-1-2-6-13)16-14(12)11-4-3-7-15-8-11/h3-4,7-10,13H,1-2,5-6H2. The number of hydrogen-bond donors (Lipinski definition) is 0. The molecule has 1 saturated carbocycles. The van der Waals surface area contributed by atoms with Gasteiger partial charge in [-0.3, -0.25) is 14.5 Å². The van der Waals surface area contributed by atoms with Gasteiger partial charge in [-0.1, -0.05) is 12.8 Å². The Morgan fingerprint density at radius 2 is 2.17 bits per heavy atom. The van der Waals surface area contributed by atoms with Crippen molar-refractivity contribution in [1.82, 2.24) is 14.8 Å². The van der Waals surface area contributed by atoms with Gasteiger partial charge in [-0.25, -0.2) is 0 Å². The predicted molar refractivity (Wildman–Crippen MR) is 68.4 cm³/mol. The Kier molecular flexibility index (Phi) is 2.92. The highest BCUT2D eigenvalue weighted by atomic mass is 16.1. The first-order chi connectivity index (χ1) is 8.88. The van der Waals surface area contributed by atoms with Crippen molar-refractivity contribution in [2.24, 2.45) is 0 Å². The minimum atomic E-state index is 0.453. The number of aromatic nitrogens is 3. The van der Waals surface area contributed by atoms with Gasteiger partial charge >= 0.3 is 0 Å². The molecule has 18 heavy (non-hydrogen) atoms. The van der Waals surface area contributed by atoms with Crippen molar-refractivity contribution in [2.45, 2.75) is 31.7 Å². The fourth-order valence-corrected chi connectivity index (χ4v) is 2.58. The highest BCUT2D eigenvalue weighted by Crippen LogP contribution is 2.31. The van der Waals surface area contributed by atoms with Gasteiger partial charge in [-0.15, -0.1) is 0 Å². The van der Waals surface area contributed by atoms with Crippen molar-refractivity contribution in [2.75, 3.05) is 0 Å². The molecule has 0 unspecified atom stereocenters. The number of nitrogens with zero attached hydrogens (tertiary/aromatic N) is 3. The van der Waals surface area contributed by atoms with Crippen LogP contribution in [-0.2, 0) is 0 Å². The minimum absolute atomic E-state index is 0.453. The van der Waals surface area contributed by atoms with Crippen molar-refractivity contribution >= 4 is 6.29 Å². The summed E-state index contributed by atoms with van der Waals surface area (Å²) < 4.78 is 1.96. The molecule has 0 N–H and O–H groups in total. The molecule has 92 valence electrons. The van der Waals surface area contributed by atoms with E-state index in [9.17, 15) is 4.79 Å². The Hall–Kier alpha value is -1.97. The van der Waals surface area contributed by atoms with Gasteiger partial charge in [0.15, 0.2) is 6.29 Å². The number of carbonyl (C=O) groups excluding carboxylic acids is 1. The molecule has 1 aliphatic carbocycles. The van der Waals surface area contributed by atoms with Crippen LogP contribution in [0.4, 0.5) is 0 Å². The molecule has 2 aromatic heterocycles. The van der Waals surface area contributed by atoms with E-state index in [4.69, 9.17) is 0 Å². The first-order valence-electron chi connectivity index (χ1n) is 6.33. The first-order valence-corrected chi connectivity index (χ1v) is 6.33. The summed E-state index contributed by atoms with van der Waals surface area (Å²) >= 11 is 0. The molecule has 1 aliphatic rings. The Morgan fingerprint density at radius 3 is 2.83 bits per heavy atom. The zero-order valence-corrected chi connectivity index (χ0v) is 10.1. The van der Waals surface area contributed by atoms with E-state index in [-0.39, 0.29) is 0 Å². The van der Waals surface area contributed by atoms with E-state index >= 15 is 0 Å². The fraction of sp³-hybridized carbons (Fsp3) is 0.357. The molecule has 0 aromatic carbocycles. The zero-order chi connectivity index (χ0) is 12.4. The van der Waals surface area contributed by atoms with Crippen molar-refractivity contribution in [3.8, 4) is 11.3 Å². The third-order valence-corrected chi connectivity index (χ3v) is 3.52. The van der Waals surface area contributed by atoms with Crippen LogP contribution in [0.1, 0.15) is 42.1 Å². The molecule has 2 aromatic rings. The van der Waals surface area contributed by atoms with E-state index in [1.165, 1.54) is 12.8 Å². The van der Waals surface area contributed by atoms with Crippen molar-refractivity contribution < 1.29 is 4.79 Å². The van der Waals surface area contributed by atoms with Crippen LogP contribution >= 0.6 is 0 Å². The van der Waals surface area contributed by atoms with E-state index in [0.29, 0.717) is 11.6 Å². The van der Waals surface area contributed by atoms with Crippen molar-refractivity contribution in [3.63, 3.8) is 0 Å². The summed E-state index contributed by atoms with van der Waals surface area (Å²) in [6, 6.07) is 4.24. The van der Waals surface area contributed by atoms with Crippen LogP contribution in [0.5, 0.6) is 0 Å². The third kappa shape index (κ3) is 1.94. The van der Waals surface area contributed by atoms with Crippen LogP contribution in [0, 0.1) is 0 Å². The highest BCUT2D eigenvalue weighted by Gasteiger charge is 2.20. The summed E-state index contributed by atoms with van der Waals surface area (Å²) in [5.74, 6) is 0. The summed E-state index contributed by atoms with van der Waals surface area (Å²) in [5, 5.41) is 4.58. The van der Waals surface area contributed by atoms with Gasteiger partial charge in [-0.2, -0.15) is 5.10 Å². The maximum absolute atomic E-state index is 11.2. The molecule has 2 heterocycles. The third-order valence-electron chi connectivity index (χ3n) is 3.52. The van der Waals surface area contributed by atoms with Crippen molar-refractivity contribution in [3.05, 3.63) is 36.3 Å². The number of pyridine rings is 1. The second kappa shape index (κ2) is 4.72. The van der Waals surface area contributed by atoms with Crippen molar-refractivity contribution in [1.29, 1.82) is 0 Å². The van der Waals surface area contributed by atoms with Crippen LogP contribution in [0.3, 0.4) is 0 Å². The maximum atomic E-state index is 11.2. The number of carbonyl (C=O) groups is 1. The molecule has 0 bridgehead atoms. The Labute approximate surface area is 106 Å². The van der Waals surface area contributed by atoms with Crippen LogP contribution in [0.25, 0.3) is 11.3 Å². The van der Waals surface area contributed by atoms with E-state index < -0.39 is 0 Å². The molecule has 3 rings (SSSR count). The largest absolute Gasteiger partial charge is 0.298 e. The lowest BCUT2D eigenvalue weighted by atomic mass is 10.1. The number of rotatable bonds is 3. The van der Waals surface area contributed by atoms with Crippen LogP contribution < -0.4 is 0 Å². The predicted octanol–water partition coefficient (Wildman–Crippen LogP) is 2.87. The molecule has 0 aliphatic heterocycles. The van der Waals surface area contributed by atoms with Gasteiger partial charge in [0.25, 0.3) is 0 Å². The molecule has 0 radical (unpaired) electrons. The molecular weight excluding hydrogens is 226 g/mol. The Morgan fingerprint density at radius 1 is 1.33 bits per heavy atom. The fourth-order valence-electron chi connectivity index (χ4n) is 2.58. The summed E-state index contributed by atoms with van der Waals surface area (Å²) in [4.78, 5) is 15.2. The molecule has 0 saturated heterocycles. The molecule has 1 fully saturated rings. The summed E-state index contributed by atoms with van der Waals surface area (Å²) in [7, 11) is 0. The van der Waals surface area contributed by atoms with Gasteiger partial charge in [0.05, 0.1) is 11.6 Å². The van der Waals surface area contributed by atoms with Crippen LogP contribution in [-0.4, -0.2) is 21.1 Å². The molecular formula is C14H15N3O. The Bertz CT molecular complexity index is 541. The van der Waals surface area contributed by atoms with Gasteiger partial charge < -0.3 is 0 Å². The average molecular weight is 241 g/mol.